The van der Waals surface area contributed by atoms with Crippen LogP contribution in [-0.2, 0) is 0 Å². The number of benzene rings is 1. The van der Waals surface area contributed by atoms with E-state index in [-0.39, 0.29) is 16.6 Å². The highest BCUT2D eigenvalue weighted by Crippen LogP contribution is 2.25. The van der Waals surface area contributed by atoms with E-state index in [0.29, 0.717) is 5.56 Å². The molecule has 0 fully saturated rings. The Balaban J connectivity index is 2.94. The highest BCUT2D eigenvalue weighted by Gasteiger charge is 2.05. The van der Waals surface area contributed by atoms with E-state index < -0.39 is 5.82 Å². The predicted molar refractivity (Wildman–Crippen MR) is 59.5 cm³/mol. The summed E-state index contributed by atoms with van der Waals surface area (Å²) in [5.41, 5.74) is 8.48. The topological polar surface area (TPSA) is 48.8 Å². The Morgan fingerprint density at radius 1 is 1.47 bits per heavy atom. The van der Waals surface area contributed by atoms with Gasteiger partial charge in [-0.15, -0.1) is 0 Å². The van der Waals surface area contributed by atoms with Gasteiger partial charge in [-0.25, -0.2) is 4.39 Å². The van der Waals surface area contributed by atoms with Crippen LogP contribution in [0.2, 0.25) is 10.0 Å². The lowest BCUT2D eigenvalue weighted by Crippen LogP contribution is -1.82. The summed E-state index contributed by atoms with van der Waals surface area (Å²) in [7, 11) is 0. The molecular formula is C9H6Cl2FN3. The summed E-state index contributed by atoms with van der Waals surface area (Å²) in [6, 6.07) is 2.66. The summed E-state index contributed by atoms with van der Waals surface area (Å²) in [5.74, 6) is -0.576. The number of nitrogens with zero attached hydrogens (tertiary/aromatic N) is 3. The van der Waals surface area contributed by atoms with Crippen LogP contribution in [0.3, 0.4) is 0 Å². The number of rotatable bonds is 3. The van der Waals surface area contributed by atoms with E-state index in [2.05, 4.69) is 10.0 Å². The fourth-order valence-corrected chi connectivity index (χ4v) is 1.35. The van der Waals surface area contributed by atoms with Gasteiger partial charge in [0.15, 0.2) is 0 Å². The molecule has 0 spiro atoms. The van der Waals surface area contributed by atoms with Gasteiger partial charge in [0.25, 0.3) is 0 Å². The summed E-state index contributed by atoms with van der Waals surface area (Å²) in [5, 5.41) is 3.55. The largest absolute Gasteiger partial charge is 0.205 e. The van der Waals surface area contributed by atoms with Crippen molar-refractivity contribution in [1.29, 1.82) is 0 Å². The number of azide groups is 1. The molecule has 0 amide bonds. The molecule has 3 nitrogen and oxygen atoms in total. The number of hydrogen-bond donors (Lipinski definition) is 0. The van der Waals surface area contributed by atoms with Crippen LogP contribution >= 0.6 is 23.2 Å². The van der Waals surface area contributed by atoms with Gasteiger partial charge < -0.3 is 0 Å². The van der Waals surface area contributed by atoms with Crippen molar-refractivity contribution in [2.45, 2.75) is 0 Å². The Hall–Kier alpha value is -1.22. The molecule has 0 aliphatic heterocycles. The third-order valence-corrected chi connectivity index (χ3v) is 2.19. The van der Waals surface area contributed by atoms with Gasteiger partial charge in [-0.1, -0.05) is 40.5 Å². The zero-order valence-corrected chi connectivity index (χ0v) is 9.00. The molecule has 0 N–H and O–H groups in total. The molecule has 6 heteroatoms. The molecule has 0 aliphatic rings. The Bertz CT molecular complexity index is 439. The molecule has 0 atom stereocenters. The lowest BCUT2D eigenvalue weighted by molar-refractivity contribution is 0.628. The molecule has 0 heterocycles. The molecular weight excluding hydrogens is 240 g/mol. The van der Waals surface area contributed by atoms with E-state index in [1.54, 1.807) is 12.2 Å². The first-order chi connectivity index (χ1) is 7.15. The highest BCUT2D eigenvalue weighted by molar-refractivity contribution is 6.34. The van der Waals surface area contributed by atoms with Crippen molar-refractivity contribution < 1.29 is 4.39 Å². The summed E-state index contributed by atoms with van der Waals surface area (Å²) >= 11 is 11.3. The monoisotopic (exact) mass is 245 g/mol. The van der Waals surface area contributed by atoms with E-state index in [1.165, 1.54) is 6.07 Å². The minimum absolute atomic E-state index is 0.00316. The van der Waals surface area contributed by atoms with Crippen molar-refractivity contribution in [3.63, 3.8) is 0 Å². The third kappa shape index (κ3) is 3.44. The van der Waals surface area contributed by atoms with Crippen LogP contribution in [0.15, 0.2) is 23.3 Å². The highest BCUT2D eigenvalue weighted by atomic mass is 35.5. The maximum Gasteiger partial charge on any atom is 0.143 e. The molecule has 0 saturated heterocycles. The normalized spacial score (nSPS) is 10.3. The first kappa shape index (κ1) is 11.9. The maximum absolute atomic E-state index is 13.1. The Kier molecular flexibility index (Phi) is 4.43. The zero-order chi connectivity index (χ0) is 11.3. The smallest absolute Gasteiger partial charge is 0.143 e. The molecule has 15 heavy (non-hydrogen) atoms. The Morgan fingerprint density at radius 3 is 2.87 bits per heavy atom. The van der Waals surface area contributed by atoms with Crippen molar-refractivity contribution in [3.05, 3.63) is 50.1 Å². The van der Waals surface area contributed by atoms with E-state index in [4.69, 9.17) is 28.7 Å². The summed E-state index contributed by atoms with van der Waals surface area (Å²) < 4.78 is 13.1. The quantitative estimate of drug-likeness (QED) is 0.327. The lowest BCUT2D eigenvalue weighted by Gasteiger charge is -2.00. The summed E-state index contributed by atoms with van der Waals surface area (Å²) in [6.45, 7) is 0.182. The van der Waals surface area contributed by atoms with Crippen molar-refractivity contribution in [2.75, 3.05) is 6.54 Å². The SMILES string of the molecule is [N-]=[N+]=NCC=Cc1cc(Cl)cc(F)c1Cl. The molecule has 0 saturated carbocycles. The third-order valence-electron chi connectivity index (χ3n) is 1.57. The van der Waals surface area contributed by atoms with Crippen molar-refractivity contribution in [1.82, 2.24) is 0 Å². The van der Waals surface area contributed by atoms with Crippen LogP contribution in [0, 0.1) is 5.82 Å². The number of halogens is 3. The average Bonchev–Trinajstić information content (AvgIpc) is 2.19. The maximum atomic E-state index is 13.1. The van der Waals surface area contributed by atoms with Gasteiger partial charge in [0.2, 0.25) is 0 Å². The summed E-state index contributed by atoms with van der Waals surface area (Å²) in [4.78, 5) is 2.57. The first-order valence-corrected chi connectivity index (χ1v) is 4.72. The van der Waals surface area contributed by atoms with Gasteiger partial charge in [0, 0.05) is 16.5 Å². The summed E-state index contributed by atoms with van der Waals surface area (Å²) in [6.07, 6.45) is 3.11. The Morgan fingerprint density at radius 2 is 2.20 bits per heavy atom. The van der Waals surface area contributed by atoms with E-state index in [9.17, 15) is 4.39 Å². The van der Waals surface area contributed by atoms with Gasteiger partial charge in [-0.3, -0.25) is 0 Å². The molecule has 1 rings (SSSR count). The van der Waals surface area contributed by atoms with Gasteiger partial charge in [-0.2, -0.15) is 0 Å². The molecule has 0 aromatic heterocycles. The minimum atomic E-state index is -0.576. The van der Waals surface area contributed by atoms with Crippen LogP contribution in [0.5, 0.6) is 0 Å². The second-order valence-electron chi connectivity index (χ2n) is 2.61. The molecule has 0 unspecified atom stereocenters. The lowest BCUT2D eigenvalue weighted by atomic mass is 10.2. The van der Waals surface area contributed by atoms with E-state index in [1.807, 2.05) is 0 Å². The van der Waals surface area contributed by atoms with Crippen LogP contribution in [-0.4, -0.2) is 6.54 Å². The van der Waals surface area contributed by atoms with E-state index >= 15 is 0 Å². The van der Waals surface area contributed by atoms with Crippen LogP contribution < -0.4 is 0 Å². The average molecular weight is 246 g/mol. The van der Waals surface area contributed by atoms with Crippen LogP contribution in [0.1, 0.15) is 5.56 Å². The minimum Gasteiger partial charge on any atom is -0.205 e. The van der Waals surface area contributed by atoms with Crippen molar-refractivity contribution in [2.24, 2.45) is 5.11 Å². The fourth-order valence-electron chi connectivity index (χ4n) is 0.960. The molecule has 78 valence electrons. The standard InChI is InChI=1S/C9H6Cl2FN3/c10-7-4-6(2-1-3-14-15-13)9(11)8(12)5-7/h1-2,4-5H,3H2. The van der Waals surface area contributed by atoms with Gasteiger partial charge >= 0.3 is 0 Å². The molecule has 1 aromatic carbocycles. The second-order valence-corrected chi connectivity index (χ2v) is 3.42. The predicted octanol–water partition coefficient (Wildman–Crippen LogP) is 4.46. The van der Waals surface area contributed by atoms with Crippen LogP contribution in [0.4, 0.5) is 4.39 Å². The Labute approximate surface area is 95.7 Å². The van der Waals surface area contributed by atoms with Crippen LogP contribution in [0.25, 0.3) is 16.5 Å². The molecule has 0 radical (unpaired) electrons. The van der Waals surface area contributed by atoms with Gasteiger partial charge in [0.05, 0.1) is 5.02 Å². The van der Waals surface area contributed by atoms with Crippen molar-refractivity contribution >= 4 is 29.3 Å². The fraction of sp³-hybridized carbons (Fsp3) is 0.111. The second kappa shape index (κ2) is 5.61. The van der Waals surface area contributed by atoms with Crippen molar-refractivity contribution in [3.8, 4) is 0 Å². The van der Waals surface area contributed by atoms with E-state index in [0.717, 1.165) is 6.07 Å². The van der Waals surface area contributed by atoms with Gasteiger partial charge in [0.1, 0.15) is 5.82 Å². The molecule has 1 aromatic rings. The first-order valence-electron chi connectivity index (χ1n) is 3.97. The molecule has 0 bridgehead atoms. The molecule has 0 aliphatic carbocycles. The zero-order valence-electron chi connectivity index (χ0n) is 7.49. The van der Waals surface area contributed by atoms with Gasteiger partial charge in [-0.05, 0) is 23.2 Å². The number of hydrogen-bond acceptors (Lipinski definition) is 1.